The van der Waals surface area contributed by atoms with Crippen LogP contribution in [0.1, 0.15) is 23.7 Å². The summed E-state index contributed by atoms with van der Waals surface area (Å²) < 4.78 is 0. The van der Waals surface area contributed by atoms with Crippen LogP contribution < -0.4 is 5.32 Å². The number of anilines is 1. The van der Waals surface area contributed by atoms with Gasteiger partial charge in [-0.3, -0.25) is 4.79 Å². The highest BCUT2D eigenvalue weighted by Crippen LogP contribution is 2.21. The van der Waals surface area contributed by atoms with E-state index in [2.05, 4.69) is 5.32 Å². The number of phenols is 1. The van der Waals surface area contributed by atoms with Gasteiger partial charge < -0.3 is 15.5 Å². The molecular weight excluding hydrogens is 270 g/mol. The average molecular weight is 287 g/mol. The summed E-state index contributed by atoms with van der Waals surface area (Å²) in [5, 5.41) is 20.2. The molecule has 2 aromatic carbocycles. The number of amides is 1. The number of hydrogen-bond acceptors (Lipinski definition) is 3. The van der Waals surface area contributed by atoms with E-state index < -0.39 is 5.97 Å². The van der Waals surface area contributed by atoms with E-state index in [4.69, 9.17) is 5.11 Å². The van der Waals surface area contributed by atoms with Gasteiger partial charge in [-0.1, -0.05) is 37.3 Å². The quantitative estimate of drug-likeness (QED) is 0.757. The van der Waals surface area contributed by atoms with E-state index in [-0.39, 0.29) is 11.7 Å². The van der Waals surface area contributed by atoms with Gasteiger partial charge in [-0.05, 0) is 24.3 Å². The molecule has 2 rings (SSSR count). The first-order valence-corrected chi connectivity index (χ1v) is 6.40. The van der Waals surface area contributed by atoms with Crippen LogP contribution in [0.25, 0.3) is 0 Å². The monoisotopic (exact) mass is 287 g/mol. The standard InChI is InChI=1S/C9H11NO2.C7H6O2/c1-2-9(12)10-7-5-3-4-6-8(7)11;8-7(9)6-4-2-1-3-5-6/h3-6,11H,2H2,1H3,(H,10,12);1-5H,(H,8,9). The summed E-state index contributed by atoms with van der Waals surface area (Å²) in [4.78, 5) is 21.1. The summed E-state index contributed by atoms with van der Waals surface area (Å²) >= 11 is 0. The molecule has 0 atom stereocenters. The van der Waals surface area contributed by atoms with Gasteiger partial charge in [0.25, 0.3) is 0 Å². The van der Waals surface area contributed by atoms with Gasteiger partial charge >= 0.3 is 5.97 Å². The summed E-state index contributed by atoms with van der Waals surface area (Å²) in [6.45, 7) is 1.76. The van der Waals surface area contributed by atoms with Gasteiger partial charge in [0.1, 0.15) is 5.75 Å². The fourth-order valence-corrected chi connectivity index (χ4v) is 1.40. The van der Waals surface area contributed by atoms with Crippen molar-refractivity contribution in [2.24, 2.45) is 0 Å². The third-order valence-electron chi connectivity index (χ3n) is 2.52. The number of para-hydroxylation sites is 2. The summed E-state index contributed by atoms with van der Waals surface area (Å²) in [6, 6.07) is 14.9. The van der Waals surface area contributed by atoms with Crippen LogP contribution >= 0.6 is 0 Å². The number of rotatable bonds is 3. The molecule has 0 heterocycles. The Labute approximate surface area is 122 Å². The highest BCUT2D eigenvalue weighted by molar-refractivity contribution is 5.91. The molecule has 1 amide bonds. The van der Waals surface area contributed by atoms with Crippen LogP contribution in [-0.4, -0.2) is 22.1 Å². The Bertz CT molecular complexity index is 596. The Morgan fingerprint density at radius 3 is 2.05 bits per heavy atom. The summed E-state index contributed by atoms with van der Waals surface area (Å²) in [5.41, 5.74) is 0.793. The van der Waals surface area contributed by atoms with Crippen LogP contribution in [0.3, 0.4) is 0 Å². The molecule has 0 unspecified atom stereocenters. The zero-order chi connectivity index (χ0) is 15.7. The second-order valence-electron chi connectivity index (χ2n) is 4.09. The van der Waals surface area contributed by atoms with E-state index in [1.54, 1.807) is 55.5 Å². The molecule has 5 nitrogen and oxygen atoms in total. The number of carboxylic acids is 1. The third kappa shape index (κ3) is 5.78. The van der Waals surface area contributed by atoms with E-state index in [0.29, 0.717) is 17.7 Å². The van der Waals surface area contributed by atoms with Crippen LogP contribution in [0.4, 0.5) is 5.69 Å². The van der Waals surface area contributed by atoms with Gasteiger partial charge in [-0.25, -0.2) is 4.79 Å². The predicted molar refractivity (Wildman–Crippen MR) is 80.4 cm³/mol. The van der Waals surface area contributed by atoms with Gasteiger partial charge in [-0.15, -0.1) is 0 Å². The summed E-state index contributed by atoms with van der Waals surface area (Å²) in [7, 11) is 0. The van der Waals surface area contributed by atoms with Crippen molar-refractivity contribution in [3.05, 3.63) is 60.2 Å². The summed E-state index contributed by atoms with van der Waals surface area (Å²) in [6.07, 6.45) is 0.411. The van der Waals surface area contributed by atoms with Crippen molar-refractivity contribution >= 4 is 17.6 Å². The first-order chi connectivity index (χ1) is 10.0. The number of hydrogen-bond donors (Lipinski definition) is 3. The second kappa shape index (κ2) is 8.37. The fraction of sp³-hybridized carbons (Fsp3) is 0.125. The van der Waals surface area contributed by atoms with Crippen molar-refractivity contribution in [1.82, 2.24) is 0 Å². The van der Waals surface area contributed by atoms with E-state index in [0.717, 1.165) is 0 Å². The van der Waals surface area contributed by atoms with Crippen LogP contribution in [0.2, 0.25) is 0 Å². The maximum absolute atomic E-state index is 10.9. The van der Waals surface area contributed by atoms with E-state index in [9.17, 15) is 14.7 Å². The van der Waals surface area contributed by atoms with Crippen molar-refractivity contribution < 1.29 is 19.8 Å². The van der Waals surface area contributed by atoms with Crippen molar-refractivity contribution in [2.45, 2.75) is 13.3 Å². The average Bonchev–Trinajstić information content (AvgIpc) is 2.51. The van der Waals surface area contributed by atoms with Gasteiger partial charge in [0.2, 0.25) is 5.91 Å². The molecule has 0 saturated carbocycles. The van der Waals surface area contributed by atoms with Crippen LogP contribution in [-0.2, 0) is 4.79 Å². The largest absolute Gasteiger partial charge is 0.506 e. The molecule has 0 aliphatic rings. The Morgan fingerprint density at radius 2 is 1.57 bits per heavy atom. The molecule has 0 aliphatic heterocycles. The normalized spacial score (nSPS) is 9.19. The lowest BCUT2D eigenvalue weighted by atomic mass is 10.2. The molecule has 110 valence electrons. The number of aromatic carboxylic acids is 1. The first-order valence-electron chi connectivity index (χ1n) is 6.40. The van der Waals surface area contributed by atoms with Crippen molar-refractivity contribution in [3.63, 3.8) is 0 Å². The Hall–Kier alpha value is -2.82. The number of carbonyl (C=O) groups is 2. The van der Waals surface area contributed by atoms with Gasteiger partial charge in [0.05, 0.1) is 11.3 Å². The number of aromatic hydroxyl groups is 1. The lowest BCUT2D eigenvalue weighted by Gasteiger charge is -2.04. The highest BCUT2D eigenvalue weighted by atomic mass is 16.4. The van der Waals surface area contributed by atoms with Crippen LogP contribution in [0, 0.1) is 0 Å². The van der Waals surface area contributed by atoms with E-state index in [1.165, 1.54) is 6.07 Å². The third-order valence-corrected chi connectivity index (χ3v) is 2.52. The number of carboxylic acid groups (broad SMARTS) is 1. The molecular formula is C16H17NO4. The molecule has 21 heavy (non-hydrogen) atoms. The Balaban J connectivity index is 0.000000219. The molecule has 0 aromatic heterocycles. The lowest BCUT2D eigenvalue weighted by Crippen LogP contribution is -2.09. The second-order valence-corrected chi connectivity index (χ2v) is 4.09. The highest BCUT2D eigenvalue weighted by Gasteiger charge is 2.01. The van der Waals surface area contributed by atoms with Crippen molar-refractivity contribution in [3.8, 4) is 5.75 Å². The van der Waals surface area contributed by atoms with E-state index >= 15 is 0 Å². The number of nitrogens with one attached hydrogen (secondary N) is 1. The van der Waals surface area contributed by atoms with Crippen molar-refractivity contribution in [1.29, 1.82) is 0 Å². The minimum Gasteiger partial charge on any atom is -0.506 e. The topological polar surface area (TPSA) is 86.6 Å². The number of carbonyl (C=O) groups excluding carboxylic acids is 1. The first kappa shape index (κ1) is 16.2. The van der Waals surface area contributed by atoms with Crippen molar-refractivity contribution in [2.75, 3.05) is 5.32 Å². The molecule has 0 spiro atoms. The SMILES string of the molecule is CCC(=O)Nc1ccccc1O.O=C(O)c1ccccc1. The smallest absolute Gasteiger partial charge is 0.335 e. The summed E-state index contributed by atoms with van der Waals surface area (Å²) in [5.74, 6) is -0.883. The van der Waals surface area contributed by atoms with Gasteiger partial charge in [-0.2, -0.15) is 0 Å². The molecule has 3 N–H and O–H groups in total. The minimum atomic E-state index is -0.879. The maximum atomic E-state index is 10.9. The Kier molecular flexibility index (Phi) is 6.47. The van der Waals surface area contributed by atoms with Crippen LogP contribution in [0.5, 0.6) is 5.75 Å². The maximum Gasteiger partial charge on any atom is 0.335 e. The zero-order valence-electron chi connectivity index (χ0n) is 11.6. The number of phenolic OH excluding ortho intramolecular Hbond substituents is 1. The molecule has 0 aliphatic carbocycles. The minimum absolute atomic E-state index is 0.0966. The molecule has 0 bridgehead atoms. The van der Waals surface area contributed by atoms with Crippen LogP contribution in [0.15, 0.2) is 54.6 Å². The molecule has 0 radical (unpaired) electrons. The molecule has 0 saturated heterocycles. The molecule has 2 aromatic rings. The van der Waals surface area contributed by atoms with Gasteiger partial charge in [0, 0.05) is 6.42 Å². The molecule has 5 heteroatoms. The molecule has 0 fully saturated rings. The predicted octanol–water partition coefficient (Wildman–Crippen LogP) is 3.13. The fourth-order valence-electron chi connectivity index (χ4n) is 1.40. The zero-order valence-corrected chi connectivity index (χ0v) is 11.6. The Morgan fingerprint density at radius 1 is 1.00 bits per heavy atom. The number of benzene rings is 2. The lowest BCUT2D eigenvalue weighted by molar-refractivity contribution is -0.115. The van der Waals surface area contributed by atoms with Gasteiger partial charge in [0.15, 0.2) is 0 Å². The van der Waals surface area contributed by atoms with E-state index in [1.807, 2.05) is 0 Å².